The van der Waals surface area contributed by atoms with Crippen molar-refractivity contribution in [1.29, 1.82) is 0 Å². The van der Waals surface area contributed by atoms with Crippen LogP contribution in [0.2, 0.25) is 0 Å². The van der Waals surface area contributed by atoms with Gasteiger partial charge in [0, 0.05) is 6.21 Å². The minimum Gasteiger partial charge on any atom is -0.257 e. The number of aliphatic imine (C=N–C) groups is 1. The molecule has 12 heavy (non-hydrogen) atoms. The van der Waals surface area contributed by atoms with Gasteiger partial charge in [0.2, 0.25) is 0 Å². The second kappa shape index (κ2) is 2.91. The predicted octanol–water partition coefficient (Wildman–Crippen LogP) is 1.24. The number of halogens is 1. The Kier molecular flexibility index (Phi) is 1.90. The van der Waals surface area contributed by atoms with Crippen molar-refractivity contribution in [3.63, 3.8) is 0 Å². The van der Waals surface area contributed by atoms with Gasteiger partial charge in [-0.25, -0.2) is 10.0 Å². The van der Waals surface area contributed by atoms with Gasteiger partial charge in [0.1, 0.15) is 10.8 Å². The number of alkyl halides is 1. The van der Waals surface area contributed by atoms with Crippen LogP contribution in [0.5, 0.6) is 0 Å². The molecule has 2 aliphatic heterocycles. The van der Waals surface area contributed by atoms with E-state index >= 15 is 0 Å². The molecule has 1 unspecified atom stereocenters. The smallest absolute Gasteiger partial charge is 0.150 e. The van der Waals surface area contributed by atoms with Gasteiger partial charge < -0.3 is 0 Å². The van der Waals surface area contributed by atoms with E-state index in [1.807, 2.05) is 29.6 Å². The first-order valence-electron chi connectivity index (χ1n) is 3.52. The fourth-order valence-electron chi connectivity index (χ4n) is 1.14. The predicted molar refractivity (Wildman–Crippen MR) is 49.1 cm³/mol. The number of hydroxylamine groups is 1. The second-order valence-corrected chi connectivity index (χ2v) is 3.29. The molecule has 2 heterocycles. The van der Waals surface area contributed by atoms with Crippen molar-refractivity contribution >= 4 is 22.1 Å². The molecule has 0 aromatic carbocycles. The molecule has 2 aliphatic rings. The molecular formula is C7H8BrN3O. The molecule has 2 rings (SSSR count). The highest BCUT2D eigenvalue weighted by atomic mass is 79.9. The highest BCUT2D eigenvalue weighted by Gasteiger charge is 2.28. The molecule has 1 atom stereocenters. The third-order valence-corrected chi connectivity index (χ3v) is 2.28. The van der Waals surface area contributed by atoms with Gasteiger partial charge in [-0.15, -0.1) is 0 Å². The Morgan fingerprint density at radius 2 is 2.50 bits per heavy atom. The van der Waals surface area contributed by atoms with Crippen LogP contribution in [0.25, 0.3) is 0 Å². The van der Waals surface area contributed by atoms with Crippen molar-refractivity contribution in [2.24, 2.45) is 4.99 Å². The molecular weight excluding hydrogens is 222 g/mol. The molecule has 0 aliphatic carbocycles. The van der Waals surface area contributed by atoms with Gasteiger partial charge >= 0.3 is 0 Å². The van der Waals surface area contributed by atoms with Gasteiger partial charge in [0.05, 0.1) is 13.3 Å². The molecule has 0 aromatic heterocycles. The first-order valence-corrected chi connectivity index (χ1v) is 4.44. The van der Waals surface area contributed by atoms with E-state index in [1.54, 1.807) is 12.3 Å². The molecule has 0 radical (unpaired) electrons. The molecule has 0 saturated carbocycles. The summed E-state index contributed by atoms with van der Waals surface area (Å²) < 4.78 is 0. The summed E-state index contributed by atoms with van der Waals surface area (Å²) in [7, 11) is 1.62. The monoisotopic (exact) mass is 229 g/mol. The summed E-state index contributed by atoms with van der Waals surface area (Å²) in [6.45, 7) is 0. The lowest BCUT2D eigenvalue weighted by Gasteiger charge is -2.33. The molecule has 4 nitrogen and oxygen atoms in total. The topological polar surface area (TPSA) is 28.1 Å². The molecule has 0 bridgehead atoms. The fraction of sp³-hybridized carbons (Fsp3) is 0.286. The summed E-state index contributed by atoms with van der Waals surface area (Å²) in [5.74, 6) is 0.876. The van der Waals surface area contributed by atoms with Crippen LogP contribution in [0.4, 0.5) is 0 Å². The first-order chi connectivity index (χ1) is 5.83. The number of hydrogen-bond acceptors (Lipinski definition) is 4. The van der Waals surface area contributed by atoms with Crippen LogP contribution in [0, 0.1) is 0 Å². The quantitative estimate of drug-likeness (QED) is 0.501. The van der Waals surface area contributed by atoms with E-state index in [2.05, 4.69) is 20.9 Å². The maximum Gasteiger partial charge on any atom is 0.150 e. The molecule has 0 spiro atoms. The number of hydrogen-bond donors (Lipinski definition) is 0. The zero-order chi connectivity index (χ0) is 8.55. The first kappa shape index (κ1) is 7.82. The van der Waals surface area contributed by atoms with Gasteiger partial charge in [0.25, 0.3) is 0 Å². The molecule has 0 amide bonds. The van der Waals surface area contributed by atoms with Gasteiger partial charge in [-0.2, -0.15) is 5.17 Å². The zero-order valence-corrected chi connectivity index (χ0v) is 8.10. The minimum atomic E-state index is 0.0775. The van der Waals surface area contributed by atoms with Gasteiger partial charge in [0.15, 0.2) is 0 Å². The molecule has 0 N–H and O–H groups in total. The highest BCUT2D eigenvalue weighted by molar-refractivity contribution is 9.09. The molecule has 0 fully saturated rings. The van der Waals surface area contributed by atoms with E-state index < -0.39 is 0 Å². The van der Waals surface area contributed by atoms with Crippen LogP contribution < -0.4 is 0 Å². The van der Waals surface area contributed by atoms with Crippen molar-refractivity contribution in [3.8, 4) is 0 Å². The van der Waals surface area contributed by atoms with Gasteiger partial charge in [-0.05, 0) is 12.2 Å². The van der Waals surface area contributed by atoms with E-state index in [4.69, 9.17) is 4.84 Å². The fourth-order valence-corrected chi connectivity index (χ4v) is 1.65. The largest absolute Gasteiger partial charge is 0.257 e. The summed E-state index contributed by atoms with van der Waals surface area (Å²) in [6, 6.07) is 0. The van der Waals surface area contributed by atoms with E-state index in [0.717, 1.165) is 5.82 Å². The summed E-state index contributed by atoms with van der Waals surface area (Å²) in [6.07, 6.45) is 7.45. The lowest BCUT2D eigenvalue weighted by atomic mass is 10.5. The summed E-state index contributed by atoms with van der Waals surface area (Å²) in [5, 5.41) is 3.52. The SMILES string of the molecule is CON1C=CC=C2N=CC(Br)N21. The Morgan fingerprint density at radius 1 is 1.67 bits per heavy atom. The number of allylic oxidation sites excluding steroid dienone is 2. The van der Waals surface area contributed by atoms with Crippen molar-refractivity contribution in [2.75, 3.05) is 7.11 Å². The average Bonchev–Trinajstić information content (AvgIpc) is 2.48. The second-order valence-electron chi connectivity index (χ2n) is 2.35. The van der Waals surface area contributed by atoms with Gasteiger partial charge in [-0.1, -0.05) is 15.9 Å². The maximum atomic E-state index is 5.10. The third kappa shape index (κ3) is 1.05. The van der Waals surface area contributed by atoms with E-state index in [-0.39, 0.29) is 4.95 Å². The third-order valence-electron chi connectivity index (χ3n) is 1.66. The van der Waals surface area contributed by atoms with Gasteiger partial charge in [-0.3, -0.25) is 4.84 Å². The number of rotatable bonds is 1. The zero-order valence-electron chi connectivity index (χ0n) is 6.51. The number of hydrazine groups is 1. The summed E-state index contributed by atoms with van der Waals surface area (Å²) >= 11 is 3.44. The molecule has 64 valence electrons. The lowest BCUT2D eigenvalue weighted by Crippen LogP contribution is -2.40. The Hall–Kier alpha value is -0.810. The van der Waals surface area contributed by atoms with Crippen LogP contribution in [-0.2, 0) is 4.84 Å². The normalized spacial score (nSPS) is 26.2. The Balaban J connectivity index is 2.27. The summed E-state index contributed by atoms with van der Waals surface area (Å²) in [5.41, 5.74) is 0. The molecule has 0 saturated heterocycles. The lowest BCUT2D eigenvalue weighted by molar-refractivity contribution is -0.213. The van der Waals surface area contributed by atoms with E-state index in [1.165, 1.54) is 0 Å². The van der Waals surface area contributed by atoms with Crippen LogP contribution >= 0.6 is 15.9 Å². The van der Waals surface area contributed by atoms with Crippen molar-refractivity contribution in [1.82, 2.24) is 10.2 Å². The van der Waals surface area contributed by atoms with Crippen molar-refractivity contribution in [3.05, 3.63) is 24.2 Å². The van der Waals surface area contributed by atoms with Crippen LogP contribution in [0.15, 0.2) is 29.2 Å². The number of nitrogens with zero attached hydrogens (tertiary/aromatic N) is 3. The number of fused-ring (bicyclic) bond motifs is 1. The standard InChI is InChI=1S/C7H8BrN3O/c1-12-10-4-2-3-7-9-5-6(8)11(7)10/h2-6H,1H3. The van der Waals surface area contributed by atoms with E-state index in [9.17, 15) is 0 Å². The van der Waals surface area contributed by atoms with E-state index in [0.29, 0.717) is 0 Å². The van der Waals surface area contributed by atoms with Crippen molar-refractivity contribution < 1.29 is 4.84 Å². The molecule has 5 heteroatoms. The van der Waals surface area contributed by atoms with Crippen LogP contribution in [0.1, 0.15) is 0 Å². The Morgan fingerprint density at radius 3 is 3.25 bits per heavy atom. The van der Waals surface area contributed by atoms with Crippen LogP contribution in [0.3, 0.4) is 0 Å². The average molecular weight is 230 g/mol. The Bertz CT molecular complexity index is 274. The van der Waals surface area contributed by atoms with Crippen LogP contribution in [-0.4, -0.2) is 28.5 Å². The van der Waals surface area contributed by atoms with Crippen molar-refractivity contribution in [2.45, 2.75) is 4.95 Å². The Labute approximate surface area is 78.9 Å². The highest BCUT2D eigenvalue weighted by Crippen LogP contribution is 2.26. The molecule has 0 aromatic rings. The minimum absolute atomic E-state index is 0.0775. The maximum absolute atomic E-state index is 5.10. The summed E-state index contributed by atoms with van der Waals surface area (Å²) in [4.78, 5) is 9.35.